The molecule has 33 heavy (non-hydrogen) atoms. The van der Waals surface area contributed by atoms with Crippen molar-refractivity contribution in [1.29, 1.82) is 5.41 Å². The van der Waals surface area contributed by atoms with Crippen molar-refractivity contribution in [3.05, 3.63) is 46.3 Å². The molecule has 0 amide bonds. The Balaban J connectivity index is 2.40. The average molecular weight is 524 g/mol. The second-order valence-corrected chi connectivity index (χ2v) is 9.10. The molecule has 2 rings (SSSR count). The third-order valence-corrected chi connectivity index (χ3v) is 4.84. The van der Waals surface area contributed by atoms with Gasteiger partial charge in [-0.2, -0.15) is 0 Å². The van der Waals surface area contributed by atoms with Crippen LogP contribution in [0.4, 0.5) is 0 Å². The van der Waals surface area contributed by atoms with Crippen molar-refractivity contribution in [3.63, 3.8) is 0 Å². The summed E-state index contributed by atoms with van der Waals surface area (Å²) >= 11 is 17.0. The Kier molecular flexibility index (Phi) is 10.0. The van der Waals surface area contributed by atoms with E-state index in [0.29, 0.717) is 0 Å². The Bertz CT molecular complexity index is 893. The number of esters is 2. The smallest absolute Gasteiger partial charge is 0.303 e. The predicted molar refractivity (Wildman–Crippen MR) is 118 cm³/mol. The second-order valence-electron chi connectivity index (χ2n) is 6.82. The minimum Gasteiger partial charge on any atom is -0.463 e. The van der Waals surface area contributed by atoms with Gasteiger partial charge in [-0.1, -0.05) is 70.2 Å². The van der Waals surface area contributed by atoms with Crippen LogP contribution in [0.3, 0.4) is 0 Å². The molecule has 0 unspecified atom stereocenters. The number of rotatable bonds is 8. The zero-order valence-electron chi connectivity index (χ0n) is 17.5. The number of nitrogens with one attached hydrogen (secondary N) is 1. The van der Waals surface area contributed by atoms with E-state index in [1.54, 1.807) is 0 Å². The predicted octanol–water partition coefficient (Wildman–Crippen LogP) is 3.83. The van der Waals surface area contributed by atoms with Gasteiger partial charge in [0, 0.05) is 18.8 Å². The van der Waals surface area contributed by atoms with Crippen LogP contribution in [0.2, 0.25) is 0 Å². The van der Waals surface area contributed by atoms with Gasteiger partial charge in [-0.15, -0.1) is 0 Å². The fourth-order valence-electron chi connectivity index (χ4n) is 2.98. The highest BCUT2D eigenvalue weighted by Crippen LogP contribution is 2.34. The van der Waals surface area contributed by atoms with Crippen molar-refractivity contribution in [2.24, 2.45) is 5.11 Å². The standard InChI is InChI=1S/C19H21Cl3N4O7/c1-10(27)29-9-13-15(30-8-12-6-4-3-5-7-12)16(31-11(2)28)14(25-26-24)17(32-13)33-18(23)19(20,21)22/h3-7,13-17,23H,8-9H2,1-2H3/t13-,14-,15+,16-,17-/m1/s1. The minimum absolute atomic E-state index is 0.0711. The number of hydrogen-bond donors (Lipinski definition) is 1. The Labute approximate surface area is 204 Å². The molecule has 5 atom stereocenters. The van der Waals surface area contributed by atoms with E-state index in [9.17, 15) is 9.59 Å². The first kappa shape index (κ1) is 27.0. The zero-order valence-corrected chi connectivity index (χ0v) is 19.8. The summed E-state index contributed by atoms with van der Waals surface area (Å²) in [5.74, 6) is -2.14. The first-order valence-corrected chi connectivity index (χ1v) is 10.6. The minimum atomic E-state index is -2.24. The molecule has 0 aliphatic carbocycles. The molecular formula is C19H21Cl3N4O7. The largest absolute Gasteiger partial charge is 0.463 e. The third-order valence-electron chi connectivity index (χ3n) is 4.33. The van der Waals surface area contributed by atoms with Crippen LogP contribution in [0.1, 0.15) is 19.4 Å². The summed E-state index contributed by atoms with van der Waals surface area (Å²) in [7, 11) is 0. The Morgan fingerprint density at radius 3 is 2.36 bits per heavy atom. The summed E-state index contributed by atoms with van der Waals surface area (Å²) in [4.78, 5) is 26.0. The highest BCUT2D eigenvalue weighted by atomic mass is 35.6. The number of carbonyl (C=O) groups is 2. The van der Waals surface area contributed by atoms with Crippen LogP contribution in [-0.2, 0) is 39.9 Å². The average Bonchev–Trinajstić information content (AvgIpc) is 2.73. The monoisotopic (exact) mass is 522 g/mol. The Morgan fingerprint density at radius 1 is 1.15 bits per heavy atom. The number of benzene rings is 1. The van der Waals surface area contributed by atoms with E-state index in [1.807, 2.05) is 30.3 Å². The van der Waals surface area contributed by atoms with E-state index in [0.717, 1.165) is 12.5 Å². The van der Waals surface area contributed by atoms with E-state index < -0.39 is 52.3 Å². The van der Waals surface area contributed by atoms with Gasteiger partial charge in [0.2, 0.25) is 12.2 Å². The first-order valence-electron chi connectivity index (χ1n) is 9.51. The fraction of sp³-hybridized carbons (Fsp3) is 0.526. The lowest BCUT2D eigenvalue weighted by molar-refractivity contribution is -0.262. The van der Waals surface area contributed by atoms with Crippen molar-refractivity contribution in [2.75, 3.05) is 6.61 Å². The van der Waals surface area contributed by atoms with Crippen LogP contribution in [0, 0.1) is 5.41 Å². The molecule has 1 aromatic carbocycles. The Hall–Kier alpha value is -2.27. The molecule has 0 bridgehead atoms. The quantitative estimate of drug-likeness (QED) is 0.103. The van der Waals surface area contributed by atoms with E-state index >= 15 is 0 Å². The van der Waals surface area contributed by atoms with E-state index in [2.05, 4.69) is 10.0 Å². The maximum atomic E-state index is 11.9. The normalized spacial score (nSPS) is 24.8. The Morgan fingerprint density at radius 2 is 1.82 bits per heavy atom. The molecule has 1 heterocycles. The SMILES string of the molecule is CC(=O)OC[C@H]1O[C@H](OC(=N)C(Cl)(Cl)Cl)[C@H](N=[N+]=[N-])[C@@H](OC(C)=O)[C@H]1OCc1ccccc1. The molecule has 0 saturated carbocycles. The summed E-state index contributed by atoms with van der Waals surface area (Å²) in [6, 6.07) is 7.74. The molecule has 0 spiro atoms. The van der Waals surface area contributed by atoms with Crippen LogP contribution < -0.4 is 0 Å². The lowest BCUT2D eigenvalue weighted by atomic mass is 9.96. The molecule has 11 nitrogen and oxygen atoms in total. The van der Waals surface area contributed by atoms with Crippen molar-refractivity contribution >= 4 is 52.6 Å². The number of carbonyl (C=O) groups excluding carboxylic acids is 2. The van der Waals surface area contributed by atoms with Crippen molar-refractivity contribution in [3.8, 4) is 0 Å². The molecule has 1 saturated heterocycles. The summed E-state index contributed by atoms with van der Waals surface area (Å²) < 4.78 is 25.2. The van der Waals surface area contributed by atoms with Gasteiger partial charge in [0.1, 0.15) is 31.0 Å². The molecule has 1 fully saturated rings. The molecule has 14 heteroatoms. The zero-order chi connectivity index (χ0) is 24.6. The van der Waals surface area contributed by atoms with Gasteiger partial charge in [-0.3, -0.25) is 15.0 Å². The number of hydrogen-bond acceptors (Lipinski definition) is 9. The van der Waals surface area contributed by atoms with Gasteiger partial charge in [0.25, 0.3) is 3.79 Å². The molecular weight excluding hydrogens is 503 g/mol. The number of ether oxygens (including phenoxy) is 5. The summed E-state index contributed by atoms with van der Waals surface area (Å²) in [5.41, 5.74) is 9.88. The van der Waals surface area contributed by atoms with Crippen molar-refractivity contribution in [2.45, 2.75) is 54.9 Å². The number of halogens is 3. The molecule has 1 aliphatic heterocycles. The molecule has 1 N–H and O–H groups in total. The maximum Gasteiger partial charge on any atom is 0.303 e. The van der Waals surface area contributed by atoms with Crippen LogP contribution >= 0.6 is 34.8 Å². The van der Waals surface area contributed by atoms with Gasteiger partial charge < -0.3 is 23.7 Å². The first-order chi connectivity index (χ1) is 15.5. The lowest BCUT2D eigenvalue weighted by Gasteiger charge is -2.43. The van der Waals surface area contributed by atoms with Gasteiger partial charge in [-0.05, 0) is 11.1 Å². The summed E-state index contributed by atoms with van der Waals surface area (Å²) in [6.45, 7) is 2.09. The van der Waals surface area contributed by atoms with Gasteiger partial charge in [0.15, 0.2) is 0 Å². The van der Waals surface area contributed by atoms with Crippen molar-refractivity contribution < 1.29 is 33.3 Å². The highest BCUT2D eigenvalue weighted by molar-refractivity contribution is 6.76. The molecule has 0 aromatic heterocycles. The number of nitrogens with zero attached hydrogens (tertiary/aromatic N) is 3. The summed E-state index contributed by atoms with van der Waals surface area (Å²) in [5, 5.41) is 11.4. The van der Waals surface area contributed by atoms with Gasteiger partial charge in [0.05, 0.1) is 6.61 Å². The number of azide groups is 1. The topological polar surface area (TPSA) is 153 Å². The molecule has 180 valence electrons. The van der Waals surface area contributed by atoms with Gasteiger partial charge in [-0.25, -0.2) is 0 Å². The van der Waals surface area contributed by atoms with Crippen LogP contribution in [0.15, 0.2) is 35.4 Å². The molecule has 0 radical (unpaired) electrons. The van der Waals surface area contributed by atoms with Crippen LogP contribution in [0.25, 0.3) is 10.4 Å². The van der Waals surface area contributed by atoms with Crippen LogP contribution in [-0.4, -0.2) is 58.9 Å². The molecule has 1 aliphatic rings. The lowest BCUT2D eigenvalue weighted by Crippen LogP contribution is -2.61. The third kappa shape index (κ3) is 8.22. The van der Waals surface area contributed by atoms with Gasteiger partial charge >= 0.3 is 11.9 Å². The fourth-order valence-corrected chi connectivity index (χ4v) is 3.12. The molecule has 1 aromatic rings. The number of alkyl halides is 3. The maximum absolute atomic E-state index is 11.9. The van der Waals surface area contributed by atoms with E-state index in [1.165, 1.54) is 6.92 Å². The van der Waals surface area contributed by atoms with E-state index in [-0.39, 0.29) is 13.2 Å². The summed E-state index contributed by atoms with van der Waals surface area (Å²) in [6.07, 6.45) is -4.87. The highest BCUT2D eigenvalue weighted by Gasteiger charge is 2.51. The van der Waals surface area contributed by atoms with E-state index in [4.69, 9.17) is 69.4 Å². The van der Waals surface area contributed by atoms with Crippen molar-refractivity contribution in [1.82, 2.24) is 0 Å². The second kappa shape index (κ2) is 12.3. The van der Waals surface area contributed by atoms with Crippen LogP contribution in [0.5, 0.6) is 0 Å².